The zero-order valence-electron chi connectivity index (χ0n) is 12.3. The second-order valence-corrected chi connectivity index (χ2v) is 5.43. The summed E-state index contributed by atoms with van der Waals surface area (Å²) in [6.07, 6.45) is 0. The van der Waals surface area contributed by atoms with Gasteiger partial charge in [-0.1, -0.05) is 44.2 Å². The first-order valence-corrected chi connectivity index (χ1v) is 6.65. The minimum absolute atomic E-state index is 0.0381. The van der Waals surface area contributed by atoms with Crippen LogP contribution in [0.1, 0.15) is 33.3 Å². The standard InChI is InChI=1S/C15H22N2O3/c1-10(2)11(3)16-14(20)17-15(4,13(18)19)12-8-6-5-7-9-12/h5-11H,1-4H3,(H,18,19)(H2,16,17,20). The Morgan fingerprint density at radius 1 is 1.15 bits per heavy atom. The monoisotopic (exact) mass is 278 g/mol. The topological polar surface area (TPSA) is 78.4 Å². The molecule has 110 valence electrons. The number of carbonyl (C=O) groups excluding carboxylic acids is 1. The first-order chi connectivity index (χ1) is 9.27. The van der Waals surface area contributed by atoms with Gasteiger partial charge in [0.2, 0.25) is 0 Å². The molecule has 2 unspecified atom stereocenters. The predicted molar refractivity (Wildman–Crippen MR) is 77.4 cm³/mol. The summed E-state index contributed by atoms with van der Waals surface area (Å²) < 4.78 is 0. The number of benzene rings is 1. The minimum atomic E-state index is -1.46. The molecule has 5 heteroatoms. The molecule has 20 heavy (non-hydrogen) atoms. The predicted octanol–water partition coefficient (Wildman–Crippen LogP) is 2.33. The Balaban J connectivity index is 2.89. The quantitative estimate of drug-likeness (QED) is 0.773. The van der Waals surface area contributed by atoms with E-state index < -0.39 is 17.5 Å². The molecule has 0 aliphatic carbocycles. The van der Waals surface area contributed by atoms with Gasteiger partial charge in [-0.2, -0.15) is 0 Å². The van der Waals surface area contributed by atoms with Crippen LogP contribution in [0.15, 0.2) is 30.3 Å². The van der Waals surface area contributed by atoms with Crippen molar-refractivity contribution in [3.63, 3.8) is 0 Å². The molecule has 0 saturated carbocycles. The Kier molecular flexibility index (Phi) is 5.13. The second-order valence-electron chi connectivity index (χ2n) is 5.43. The summed E-state index contributed by atoms with van der Waals surface area (Å²) >= 11 is 0. The number of amides is 2. The van der Waals surface area contributed by atoms with E-state index in [9.17, 15) is 14.7 Å². The summed E-state index contributed by atoms with van der Waals surface area (Å²) in [6, 6.07) is 8.12. The number of carbonyl (C=O) groups is 2. The fourth-order valence-corrected chi connectivity index (χ4v) is 1.66. The van der Waals surface area contributed by atoms with Crippen molar-refractivity contribution in [2.75, 3.05) is 0 Å². The van der Waals surface area contributed by atoms with Gasteiger partial charge in [0.05, 0.1) is 0 Å². The van der Waals surface area contributed by atoms with Crippen LogP contribution in [0.25, 0.3) is 0 Å². The van der Waals surface area contributed by atoms with Gasteiger partial charge in [-0.25, -0.2) is 9.59 Å². The van der Waals surface area contributed by atoms with E-state index in [4.69, 9.17) is 0 Å². The molecule has 0 spiro atoms. The number of aliphatic carboxylic acids is 1. The molecule has 2 atom stereocenters. The third-order valence-electron chi connectivity index (χ3n) is 3.50. The molecule has 1 aromatic rings. The summed E-state index contributed by atoms with van der Waals surface area (Å²) in [7, 11) is 0. The van der Waals surface area contributed by atoms with Gasteiger partial charge in [0.1, 0.15) is 0 Å². The molecule has 1 rings (SSSR count). The molecular weight excluding hydrogens is 256 g/mol. The zero-order valence-corrected chi connectivity index (χ0v) is 12.3. The van der Waals surface area contributed by atoms with E-state index in [1.165, 1.54) is 6.92 Å². The molecule has 0 bridgehead atoms. The van der Waals surface area contributed by atoms with Crippen molar-refractivity contribution < 1.29 is 14.7 Å². The SMILES string of the molecule is CC(C)C(C)NC(=O)NC(C)(C(=O)O)c1ccccc1. The van der Waals surface area contributed by atoms with E-state index >= 15 is 0 Å². The van der Waals surface area contributed by atoms with E-state index in [0.29, 0.717) is 5.56 Å². The summed E-state index contributed by atoms with van der Waals surface area (Å²) in [5.74, 6) is -0.829. The molecule has 5 nitrogen and oxygen atoms in total. The van der Waals surface area contributed by atoms with Crippen LogP contribution in [0.3, 0.4) is 0 Å². The van der Waals surface area contributed by atoms with Crippen LogP contribution in [0, 0.1) is 5.92 Å². The summed E-state index contributed by atoms with van der Waals surface area (Å²) in [5, 5.41) is 14.7. The van der Waals surface area contributed by atoms with Crippen LogP contribution in [0.2, 0.25) is 0 Å². The van der Waals surface area contributed by atoms with Gasteiger partial charge in [-0.05, 0) is 25.3 Å². The van der Waals surface area contributed by atoms with Crippen LogP contribution in [-0.4, -0.2) is 23.1 Å². The average Bonchev–Trinajstić information content (AvgIpc) is 2.38. The molecule has 0 fully saturated rings. The van der Waals surface area contributed by atoms with Crippen LogP contribution in [0.4, 0.5) is 4.79 Å². The molecule has 0 aliphatic rings. The molecule has 0 aromatic heterocycles. The van der Waals surface area contributed by atoms with Crippen molar-refractivity contribution in [1.82, 2.24) is 10.6 Å². The van der Waals surface area contributed by atoms with E-state index in [1.54, 1.807) is 30.3 Å². The first-order valence-electron chi connectivity index (χ1n) is 6.65. The molecule has 0 aliphatic heterocycles. The smallest absolute Gasteiger partial charge is 0.333 e. The largest absolute Gasteiger partial charge is 0.479 e. The third kappa shape index (κ3) is 3.73. The summed E-state index contributed by atoms with van der Waals surface area (Å²) in [6.45, 7) is 7.33. The lowest BCUT2D eigenvalue weighted by Gasteiger charge is -2.28. The van der Waals surface area contributed by atoms with E-state index in [0.717, 1.165) is 0 Å². The highest BCUT2D eigenvalue weighted by Gasteiger charge is 2.37. The molecule has 0 radical (unpaired) electrons. The Hall–Kier alpha value is -2.04. The normalized spacial score (nSPS) is 15.2. The van der Waals surface area contributed by atoms with Gasteiger partial charge in [0.25, 0.3) is 0 Å². The van der Waals surface area contributed by atoms with E-state index in [1.807, 2.05) is 20.8 Å². The van der Waals surface area contributed by atoms with Crippen molar-refractivity contribution in [3.05, 3.63) is 35.9 Å². The van der Waals surface area contributed by atoms with Crippen molar-refractivity contribution in [3.8, 4) is 0 Å². The fraction of sp³-hybridized carbons (Fsp3) is 0.467. The molecule has 2 amide bonds. The zero-order chi connectivity index (χ0) is 15.3. The van der Waals surface area contributed by atoms with Gasteiger partial charge in [-0.15, -0.1) is 0 Å². The van der Waals surface area contributed by atoms with Crippen molar-refractivity contribution in [2.24, 2.45) is 5.92 Å². The fourth-order valence-electron chi connectivity index (χ4n) is 1.66. The number of urea groups is 1. The van der Waals surface area contributed by atoms with Crippen LogP contribution >= 0.6 is 0 Å². The average molecular weight is 278 g/mol. The highest BCUT2D eigenvalue weighted by molar-refractivity contribution is 5.87. The Morgan fingerprint density at radius 2 is 1.70 bits per heavy atom. The van der Waals surface area contributed by atoms with Gasteiger partial charge < -0.3 is 15.7 Å². The number of carboxylic acid groups (broad SMARTS) is 1. The van der Waals surface area contributed by atoms with E-state index in [2.05, 4.69) is 10.6 Å². The Morgan fingerprint density at radius 3 is 2.15 bits per heavy atom. The van der Waals surface area contributed by atoms with Crippen LogP contribution in [0.5, 0.6) is 0 Å². The number of nitrogens with one attached hydrogen (secondary N) is 2. The molecular formula is C15H22N2O3. The third-order valence-corrected chi connectivity index (χ3v) is 3.50. The van der Waals surface area contributed by atoms with Crippen LogP contribution < -0.4 is 10.6 Å². The van der Waals surface area contributed by atoms with Crippen molar-refractivity contribution in [1.29, 1.82) is 0 Å². The maximum atomic E-state index is 12.0. The maximum absolute atomic E-state index is 12.0. The van der Waals surface area contributed by atoms with Gasteiger partial charge >= 0.3 is 12.0 Å². The molecule has 0 heterocycles. The molecule has 1 aromatic carbocycles. The molecule has 3 N–H and O–H groups in total. The number of carboxylic acids is 1. The molecule has 0 saturated heterocycles. The van der Waals surface area contributed by atoms with E-state index in [-0.39, 0.29) is 12.0 Å². The lowest BCUT2D eigenvalue weighted by Crippen LogP contribution is -2.54. The Labute approximate surface area is 119 Å². The summed E-state index contributed by atoms with van der Waals surface area (Å²) in [5.41, 5.74) is -0.929. The van der Waals surface area contributed by atoms with Crippen LogP contribution in [-0.2, 0) is 10.3 Å². The van der Waals surface area contributed by atoms with Crippen molar-refractivity contribution >= 4 is 12.0 Å². The summed E-state index contributed by atoms with van der Waals surface area (Å²) in [4.78, 5) is 23.5. The second kappa shape index (κ2) is 6.41. The minimum Gasteiger partial charge on any atom is -0.479 e. The number of rotatable bonds is 5. The maximum Gasteiger partial charge on any atom is 0.333 e. The highest BCUT2D eigenvalue weighted by Crippen LogP contribution is 2.20. The van der Waals surface area contributed by atoms with Gasteiger partial charge in [0.15, 0.2) is 5.54 Å². The Bertz CT molecular complexity index is 473. The van der Waals surface area contributed by atoms with Crippen molar-refractivity contribution in [2.45, 2.75) is 39.3 Å². The first kappa shape index (κ1) is 16.0. The number of hydrogen-bond donors (Lipinski definition) is 3. The van der Waals surface area contributed by atoms with Gasteiger partial charge in [0, 0.05) is 6.04 Å². The lowest BCUT2D eigenvalue weighted by atomic mass is 9.92. The lowest BCUT2D eigenvalue weighted by molar-refractivity contribution is -0.144. The highest BCUT2D eigenvalue weighted by atomic mass is 16.4. The number of hydrogen-bond acceptors (Lipinski definition) is 2. The van der Waals surface area contributed by atoms with Gasteiger partial charge in [-0.3, -0.25) is 0 Å².